The second-order valence-corrected chi connectivity index (χ2v) is 3.65. The lowest BCUT2D eigenvalue weighted by molar-refractivity contribution is 0.0926. The predicted octanol–water partition coefficient (Wildman–Crippen LogP) is 1.79. The van der Waals surface area contributed by atoms with Crippen LogP contribution in [0.3, 0.4) is 0 Å². The van der Waals surface area contributed by atoms with Crippen molar-refractivity contribution < 1.29 is 13.9 Å². The minimum Gasteiger partial charge on any atom is -0.491 e. The van der Waals surface area contributed by atoms with Crippen LogP contribution in [0.15, 0.2) is 6.07 Å². The van der Waals surface area contributed by atoms with Crippen molar-refractivity contribution in [3.8, 4) is 5.75 Å². The van der Waals surface area contributed by atoms with Gasteiger partial charge in [-0.15, -0.1) is 0 Å². The number of pyridine rings is 1. The van der Waals surface area contributed by atoms with Gasteiger partial charge in [0.2, 0.25) is 0 Å². The van der Waals surface area contributed by atoms with Gasteiger partial charge >= 0.3 is 0 Å². The van der Waals surface area contributed by atoms with Gasteiger partial charge < -0.3 is 4.74 Å². The number of hydrogen-bond donors (Lipinski definition) is 0. The summed E-state index contributed by atoms with van der Waals surface area (Å²) in [5.74, 6) is -0.276. The van der Waals surface area contributed by atoms with E-state index in [1.54, 1.807) is 22.6 Å². The SMILES string of the molecule is O=C1CCOc2cc(F)c(I)nc21. The van der Waals surface area contributed by atoms with E-state index in [1.165, 1.54) is 6.07 Å². The highest BCUT2D eigenvalue weighted by Crippen LogP contribution is 2.25. The summed E-state index contributed by atoms with van der Waals surface area (Å²) in [6, 6.07) is 1.21. The first-order valence-corrected chi connectivity index (χ1v) is 4.78. The van der Waals surface area contributed by atoms with Crippen LogP contribution in [0, 0.1) is 9.52 Å². The molecule has 13 heavy (non-hydrogen) atoms. The van der Waals surface area contributed by atoms with Crippen LogP contribution in [0.5, 0.6) is 5.75 Å². The highest BCUT2D eigenvalue weighted by molar-refractivity contribution is 14.1. The zero-order valence-electron chi connectivity index (χ0n) is 6.51. The summed E-state index contributed by atoms with van der Waals surface area (Å²) in [5, 5.41) is 0. The first-order chi connectivity index (χ1) is 6.18. The summed E-state index contributed by atoms with van der Waals surface area (Å²) in [5.41, 5.74) is 0.247. The molecule has 0 amide bonds. The fourth-order valence-corrected chi connectivity index (χ4v) is 1.53. The van der Waals surface area contributed by atoms with Crippen molar-refractivity contribution in [3.05, 3.63) is 21.3 Å². The molecule has 1 aromatic heterocycles. The molecule has 0 spiro atoms. The normalized spacial score (nSPS) is 15.1. The molecule has 0 saturated heterocycles. The minimum absolute atomic E-state index is 0.0841. The van der Waals surface area contributed by atoms with Gasteiger partial charge in [0.25, 0.3) is 0 Å². The van der Waals surface area contributed by atoms with Crippen molar-refractivity contribution in [1.29, 1.82) is 0 Å². The summed E-state index contributed by atoms with van der Waals surface area (Å²) in [4.78, 5) is 15.1. The third kappa shape index (κ3) is 1.52. The van der Waals surface area contributed by atoms with Crippen LogP contribution in [0.2, 0.25) is 0 Å². The predicted molar refractivity (Wildman–Crippen MR) is 51.4 cm³/mol. The molecule has 1 aliphatic heterocycles. The lowest BCUT2D eigenvalue weighted by atomic mass is 10.1. The minimum atomic E-state index is -0.450. The van der Waals surface area contributed by atoms with E-state index in [-0.39, 0.29) is 20.9 Å². The lowest BCUT2D eigenvalue weighted by Gasteiger charge is -2.15. The van der Waals surface area contributed by atoms with Crippen molar-refractivity contribution in [2.45, 2.75) is 6.42 Å². The molecular weight excluding hydrogens is 288 g/mol. The Kier molecular flexibility index (Phi) is 2.19. The second-order valence-electron chi connectivity index (χ2n) is 2.63. The summed E-state index contributed by atoms with van der Waals surface area (Å²) in [6.45, 7) is 0.313. The Hall–Kier alpha value is -0.720. The maximum Gasteiger partial charge on any atom is 0.188 e. The zero-order chi connectivity index (χ0) is 9.42. The lowest BCUT2D eigenvalue weighted by Crippen LogP contribution is -2.17. The maximum atomic E-state index is 13.0. The summed E-state index contributed by atoms with van der Waals surface area (Å²) >= 11 is 1.75. The van der Waals surface area contributed by atoms with Gasteiger partial charge in [0.05, 0.1) is 6.61 Å². The number of ether oxygens (including phenoxy) is 1. The monoisotopic (exact) mass is 293 g/mol. The quantitative estimate of drug-likeness (QED) is 0.541. The smallest absolute Gasteiger partial charge is 0.188 e. The van der Waals surface area contributed by atoms with Crippen molar-refractivity contribution in [2.24, 2.45) is 0 Å². The van der Waals surface area contributed by atoms with Gasteiger partial charge in [-0.3, -0.25) is 4.79 Å². The average molecular weight is 293 g/mol. The van der Waals surface area contributed by atoms with E-state index in [9.17, 15) is 9.18 Å². The van der Waals surface area contributed by atoms with Crippen molar-refractivity contribution in [2.75, 3.05) is 6.61 Å². The molecule has 1 aliphatic rings. The van der Waals surface area contributed by atoms with Gasteiger partial charge in [0, 0.05) is 12.5 Å². The fraction of sp³-hybridized carbons (Fsp3) is 0.250. The Bertz CT molecular complexity index is 381. The van der Waals surface area contributed by atoms with E-state index < -0.39 is 5.82 Å². The van der Waals surface area contributed by atoms with Gasteiger partial charge in [-0.05, 0) is 22.6 Å². The van der Waals surface area contributed by atoms with Crippen LogP contribution in [0.1, 0.15) is 16.9 Å². The first-order valence-electron chi connectivity index (χ1n) is 3.70. The molecule has 2 heterocycles. The van der Waals surface area contributed by atoms with E-state index >= 15 is 0 Å². The van der Waals surface area contributed by atoms with E-state index in [0.29, 0.717) is 13.0 Å². The molecule has 0 unspecified atom stereocenters. The Morgan fingerprint density at radius 2 is 2.38 bits per heavy atom. The van der Waals surface area contributed by atoms with Gasteiger partial charge in [-0.25, -0.2) is 9.37 Å². The molecule has 3 nitrogen and oxygen atoms in total. The standard InChI is InChI=1S/C8H5FINO2/c9-4-3-6-7(11-8(4)10)5(12)1-2-13-6/h3H,1-2H2. The highest BCUT2D eigenvalue weighted by Gasteiger charge is 2.21. The van der Waals surface area contributed by atoms with Gasteiger partial charge in [-0.1, -0.05) is 0 Å². The van der Waals surface area contributed by atoms with E-state index in [4.69, 9.17) is 4.74 Å². The Labute approximate surface area is 87.4 Å². The number of carbonyl (C=O) groups excluding carboxylic acids is 1. The Morgan fingerprint density at radius 1 is 1.62 bits per heavy atom. The van der Waals surface area contributed by atoms with Gasteiger partial charge in [0.1, 0.15) is 9.39 Å². The molecule has 0 N–H and O–H groups in total. The third-order valence-electron chi connectivity index (χ3n) is 1.75. The largest absolute Gasteiger partial charge is 0.491 e. The molecule has 0 radical (unpaired) electrons. The number of rotatable bonds is 0. The first kappa shape index (κ1) is 8.86. The summed E-state index contributed by atoms with van der Waals surface area (Å²) in [6.07, 6.45) is 0.321. The fourth-order valence-electron chi connectivity index (χ4n) is 1.13. The van der Waals surface area contributed by atoms with Crippen molar-refractivity contribution in [1.82, 2.24) is 4.98 Å². The van der Waals surface area contributed by atoms with E-state index in [2.05, 4.69) is 4.98 Å². The molecule has 0 saturated carbocycles. The van der Waals surface area contributed by atoms with Crippen LogP contribution in [-0.4, -0.2) is 17.4 Å². The number of hydrogen-bond acceptors (Lipinski definition) is 3. The van der Waals surface area contributed by atoms with Gasteiger partial charge in [0.15, 0.2) is 17.3 Å². The van der Waals surface area contributed by atoms with Crippen LogP contribution < -0.4 is 4.74 Å². The molecule has 1 aromatic rings. The Balaban J connectivity index is 2.58. The average Bonchev–Trinajstić information content (AvgIpc) is 2.09. The van der Waals surface area contributed by atoms with Crippen molar-refractivity contribution >= 4 is 28.4 Å². The van der Waals surface area contributed by atoms with Gasteiger partial charge in [-0.2, -0.15) is 0 Å². The van der Waals surface area contributed by atoms with E-state index in [0.717, 1.165) is 0 Å². The zero-order valence-corrected chi connectivity index (χ0v) is 8.67. The molecule has 0 aliphatic carbocycles. The third-order valence-corrected chi connectivity index (χ3v) is 2.51. The molecule has 0 atom stereocenters. The van der Waals surface area contributed by atoms with Crippen LogP contribution in [0.25, 0.3) is 0 Å². The number of carbonyl (C=O) groups is 1. The summed E-state index contributed by atoms with van der Waals surface area (Å²) < 4.78 is 18.3. The number of ketones is 1. The number of nitrogens with zero attached hydrogens (tertiary/aromatic N) is 1. The number of halogens is 2. The van der Waals surface area contributed by atoms with Crippen LogP contribution in [-0.2, 0) is 0 Å². The van der Waals surface area contributed by atoms with Crippen LogP contribution in [0.4, 0.5) is 4.39 Å². The number of Topliss-reactive ketones (excluding diaryl/α,β-unsaturated/α-hetero) is 1. The van der Waals surface area contributed by atoms with E-state index in [1.807, 2.05) is 0 Å². The topological polar surface area (TPSA) is 39.2 Å². The Morgan fingerprint density at radius 3 is 3.15 bits per heavy atom. The highest BCUT2D eigenvalue weighted by atomic mass is 127. The summed E-state index contributed by atoms with van der Waals surface area (Å²) in [7, 11) is 0. The molecule has 0 bridgehead atoms. The molecule has 5 heteroatoms. The van der Waals surface area contributed by atoms with Crippen LogP contribution >= 0.6 is 22.6 Å². The molecule has 0 aromatic carbocycles. The molecule has 0 fully saturated rings. The molecule has 2 rings (SSSR count). The molecule has 68 valence electrons. The molecular formula is C8H5FINO2. The maximum absolute atomic E-state index is 13.0. The second kappa shape index (κ2) is 3.21. The number of aromatic nitrogens is 1. The van der Waals surface area contributed by atoms with Crippen molar-refractivity contribution in [3.63, 3.8) is 0 Å². The number of fused-ring (bicyclic) bond motifs is 1.